The molecular formula is C16H18BrN5O3. The molecule has 25 heavy (non-hydrogen) atoms. The molecule has 0 unspecified atom stereocenters. The highest BCUT2D eigenvalue weighted by Crippen LogP contribution is 2.19. The van der Waals surface area contributed by atoms with Crippen molar-refractivity contribution in [2.75, 3.05) is 17.7 Å². The van der Waals surface area contributed by atoms with E-state index in [-0.39, 0.29) is 29.8 Å². The first-order chi connectivity index (χ1) is 12.1. The molecule has 4 N–H and O–H groups in total. The minimum Gasteiger partial charge on any atom is -0.508 e. The first-order valence-corrected chi connectivity index (χ1v) is 8.93. The molecule has 0 aliphatic rings. The van der Waals surface area contributed by atoms with Crippen molar-refractivity contribution in [3.63, 3.8) is 0 Å². The molecule has 2 aromatic heterocycles. The van der Waals surface area contributed by atoms with E-state index in [0.717, 1.165) is 23.7 Å². The number of alkyl halides is 1. The van der Waals surface area contributed by atoms with Gasteiger partial charge in [-0.1, -0.05) is 28.1 Å². The van der Waals surface area contributed by atoms with Gasteiger partial charge in [0.15, 0.2) is 11.5 Å². The van der Waals surface area contributed by atoms with E-state index in [4.69, 9.17) is 10.5 Å². The fraction of sp³-hybridized carbons (Fsp3) is 0.312. The van der Waals surface area contributed by atoms with Crippen molar-refractivity contribution in [2.24, 2.45) is 0 Å². The molecule has 3 aromatic rings. The van der Waals surface area contributed by atoms with Gasteiger partial charge in [-0.15, -0.1) is 0 Å². The Kier molecular flexibility index (Phi) is 5.22. The Morgan fingerprint density at radius 2 is 2.16 bits per heavy atom. The van der Waals surface area contributed by atoms with E-state index >= 15 is 0 Å². The SMILES string of the molecule is Nc1nc(OCCCCBr)nc2c1[nH]c(=O)n2Cc1cccc(O)c1. The minimum absolute atomic E-state index is 0.135. The van der Waals surface area contributed by atoms with Crippen LogP contribution in [-0.4, -0.2) is 36.6 Å². The predicted molar refractivity (Wildman–Crippen MR) is 98.3 cm³/mol. The van der Waals surface area contributed by atoms with Gasteiger partial charge in [-0.2, -0.15) is 9.97 Å². The van der Waals surface area contributed by atoms with Crippen LogP contribution in [0.2, 0.25) is 0 Å². The van der Waals surface area contributed by atoms with Crippen LogP contribution < -0.4 is 16.2 Å². The number of nitrogen functional groups attached to an aromatic ring is 1. The molecule has 0 aliphatic heterocycles. The number of rotatable bonds is 7. The van der Waals surface area contributed by atoms with Gasteiger partial charge in [-0.05, 0) is 30.5 Å². The molecule has 132 valence electrons. The second-order valence-corrected chi connectivity index (χ2v) is 6.31. The van der Waals surface area contributed by atoms with Crippen molar-refractivity contribution in [1.82, 2.24) is 19.5 Å². The summed E-state index contributed by atoms with van der Waals surface area (Å²) in [7, 11) is 0. The van der Waals surface area contributed by atoms with Gasteiger partial charge in [0, 0.05) is 5.33 Å². The zero-order chi connectivity index (χ0) is 17.8. The summed E-state index contributed by atoms with van der Waals surface area (Å²) in [5, 5.41) is 10.5. The summed E-state index contributed by atoms with van der Waals surface area (Å²) in [6.07, 6.45) is 1.83. The normalized spacial score (nSPS) is 11.1. The Labute approximate surface area is 151 Å². The van der Waals surface area contributed by atoms with Crippen molar-refractivity contribution in [3.8, 4) is 11.8 Å². The lowest BCUT2D eigenvalue weighted by molar-refractivity contribution is 0.287. The predicted octanol–water partition coefficient (Wildman–Crippen LogP) is 2.01. The first-order valence-electron chi connectivity index (χ1n) is 7.81. The third kappa shape index (κ3) is 3.93. The molecular weight excluding hydrogens is 390 g/mol. The summed E-state index contributed by atoms with van der Waals surface area (Å²) in [6.45, 7) is 0.713. The second-order valence-electron chi connectivity index (χ2n) is 5.52. The Morgan fingerprint density at radius 1 is 1.32 bits per heavy atom. The van der Waals surface area contributed by atoms with E-state index < -0.39 is 0 Å². The smallest absolute Gasteiger partial charge is 0.328 e. The van der Waals surface area contributed by atoms with Gasteiger partial charge in [-0.3, -0.25) is 4.57 Å². The molecule has 9 heteroatoms. The van der Waals surface area contributed by atoms with Gasteiger partial charge in [0.25, 0.3) is 0 Å². The number of phenols is 1. The van der Waals surface area contributed by atoms with E-state index in [2.05, 4.69) is 30.9 Å². The summed E-state index contributed by atoms with van der Waals surface area (Å²) in [6, 6.07) is 6.83. The van der Waals surface area contributed by atoms with Gasteiger partial charge < -0.3 is 20.6 Å². The molecule has 0 bridgehead atoms. The number of nitrogens with one attached hydrogen (secondary N) is 1. The van der Waals surface area contributed by atoms with Crippen LogP contribution in [0.25, 0.3) is 11.2 Å². The van der Waals surface area contributed by atoms with E-state index in [1.54, 1.807) is 18.2 Å². The Morgan fingerprint density at radius 3 is 2.92 bits per heavy atom. The Bertz CT molecular complexity index is 937. The number of anilines is 1. The summed E-state index contributed by atoms with van der Waals surface area (Å²) in [5.74, 6) is 0.294. The molecule has 8 nitrogen and oxygen atoms in total. The number of hydrogen-bond donors (Lipinski definition) is 3. The summed E-state index contributed by atoms with van der Waals surface area (Å²) >= 11 is 3.36. The molecule has 3 rings (SSSR count). The highest BCUT2D eigenvalue weighted by atomic mass is 79.9. The maximum atomic E-state index is 12.3. The maximum absolute atomic E-state index is 12.3. The van der Waals surface area contributed by atoms with Crippen LogP contribution in [0.5, 0.6) is 11.8 Å². The van der Waals surface area contributed by atoms with Crippen LogP contribution in [0.4, 0.5) is 5.82 Å². The molecule has 0 saturated heterocycles. The zero-order valence-corrected chi connectivity index (χ0v) is 15.0. The average Bonchev–Trinajstić information content (AvgIpc) is 2.89. The third-order valence-electron chi connectivity index (χ3n) is 3.64. The van der Waals surface area contributed by atoms with Crippen LogP contribution in [-0.2, 0) is 6.54 Å². The molecule has 0 aliphatic carbocycles. The number of phenolic OH excluding ortho intramolecular Hbond substituents is 1. The van der Waals surface area contributed by atoms with Gasteiger partial charge in [0.2, 0.25) is 0 Å². The molecule has 1 aromatic carbocycles. The lowest BCUT2D eigenvalue weighted by Crippen LogP contribution is -2.17. The molecule has 0 radical (unpaired) electrons. The number of nitrogens with two attached hydrogens (primary N) is 1. The quantitative estimate of drug-likeness (QED) is 0.407. The summed E-state index contributed by atoms with van der Waals surface area (Å²) < 4.78 is 6.98. The van der Waals surface area contributed by atoms with E-state index in [1.807, 2.05) is 6.07 Å². The van der Waals surface area contributed by atoms with Gasteiger partial charge in [0.05, 0.1) is 13.2 Å². The fourth-order valence-corrected chi connectivity index (χ4v) is 2.84. The van der Waals surface area contributed by atoms with Crippen LogP contribution >= 0.6 is 15.9 Å². The highest BCUT2D eigenvalue weighted by molar-refractivity contribution is 9.09. The van der Waals surface area contributed by atoms with Gasteiger partial charge >= 0.3 is 11.7 Å². The first kappa shape index (κ1) is 17.3. The molecule has 0 amide bonds. The number of unbranched alkanes of at least 4 members (excludes halogenated alkanes) is 1. The molecule has 0 spiro atoms. The number of aromatic amines is 1. The number of ether oxygens (including phenoxy) is 1. The van der Waals surface area contributed by atoms with Gasteiger partial charge in [0.1, 0.15) is 11.3 Å². The number of aromatic nitrogens is 4. The number of imidazole rings is 1. The third-order valence-corrected chi connectivity index (χ3v) is 4.20. The van der Waals surface area contributed by atoms with Crippen molar-refractivity contribution < 1.29 is 9.84 Å². The molecule has 0 saturated carbocycles. The van der Waals surface area contributed by atoms with E-state index in [1.165, 1.54) is 4.57 Å². The molecule has 0 atom stereocenters. The number of nitrogens with zero attached hydrogens (tertiary/aromatic N) is 3. The second kappa shape index (κ2) is 7.56. The molecule has 0 fully saturated rings. The number of H-pyrrole nitrogens is 1. The standard InChI is InChI=1S/C16H18BrN5O3/c17-6-1-2-7-25-15-20-13(18)12-14(21-15)22(16(24)19-12)9-10-4-3-5-11(23)8-10/h3-5,8,23H,1-2,6-7,9H2,(H,19,24)(H2,18,20,21). The van der Waals surface area contributed by atoms with Crippen LogP contribution in [0.15, 0.2) is 29.1 Å². The Hall–Kier alpha value is -2.55. The van der Waals surface area contributed by atoms with Crippen molar-refractivity contribution in [2.45, 2.75) is 19.4 Å². The molecule has 2 heterocycles. The van der Waals surface area contributed by atoms with Crippen molar-refractivity contribution in [3.05, 3.63) is 40.3 Å². The average molecular weight is 408 g/mol. The monoisotopic (exact) mass is 407 g/mol. The lowest BCUT2D eigenvalue weighted by atomic mass is 10.2. The van der Waals surface area contributed by atoms with Gasteiger partial charge in [-0.25, -0.2) is 4.79 Å². The Balaban J connectivity index is 1.93. The van der Waals surface area contributed by atoms with Crippen LogP contribution in [0.3, 0.4) is 0 Å². The fourth-order valence-electron chi connectivity index (χ4n) is 2.44. The number of aromatic hydroxyl groups is 1. The van der Waals surface area contributed by atoms with Crippen LogP contribution in [0.1, 0.15) is 18.4 Å². The highest BCUT2D eigenvalue weighted by Gasteiger charge is 2.15. The lowest BCUT2D eigenvalue weighted by Gasteiger charge is -2.07. The minimum atomic E-state index is -0.351. The number of fused-ring (bicyclic) bond motifs is 1. The zero-order valence-electron chi connectivity index (χ0n) is 13.4. The van der Waals surface area contributed by atoms with Crippen molar-refractivity contribution >= 4 is 32.9 Å². The number of benzene rings is 1. The van der Waals surface area contributed by atoms with Crippen LogP contribution in [0, 0.1) is 0 Å². The number of halogens is 1. The number of hydrogen-bond acceptors (Lipinski definition) is 6. The maximum Gasteiger partial charge on any atom is 0.328 e. The summed E-state index contributed by atoms with van der Waals surface area (Å²) in [5.41, 5.74) is 7.08. The topological polar surface area (TPSA) is 119 Å². The van der Waals surface area contributed by atoms with E-state index in [9.17, 15) is 9.90 Å². The summed E-state index contributed by atoms with van der Waals surface area (Å²) in [4.78, 5) is 23.3. The van der Waals surface area contributed by atoms with E-state index in [0.29, 0.717) is 17.8 Å². The largest absolute Gasteiger partial charge is 0.508 e. The van der Waals surface area contributed by atoms with Crippen molar-refractivity contribution in [1.29, 1.82) is 0 Å².